The molecule has 0 radical (unpaired) electrons. The van der Waals surface area contributed by atoms with Gasteiger partial charge < -0.3 is 14.5 Å². The highest BCUT2D eigenvalue weighted by atomic mass is 35.5. The highest BCUT2D eigenvalue weighted by Gasteiger charge is 2.25. The van der Waals surface area contributed by atoms with Gasteiger partial charge >= 0.3 is 0 Å². The van der Waals surface area contributed by atoms with Crippen molar-refractivity contribution >= 4 is 39.7 Å². The summed E-state index contributed by atoms with van der Waals surface area (Å²) in [5, 5.41) is 13.9. The van der Waals surface area contributed by atoms with Crippen LogP contribution in [-0.4, -0.2) is 48.5 Å². The Balaban J connectivity index is 1.26. The number of amides is 1. The van der Waals surface area contributed by atoms with Crippen molar-refractivity contribution in [2.45, 2.75) is 12.8 Å². The summed E-state index contributed by atoms with van der Waals surface area (Å²) in [6.45, 7) is 2.61. The summed E-state index contributed by atoms with van der Waals surface area (Å²) in [6.07, 6.45) is 1.04. The number of nitro groups is 1. The topological polar surface area (TPSA) is 75.9 Å². The summed E-state index contributed by atoms with van der Waals surface area (Å²) in [6, 6.07) is 18.7. The third kappa shape index (κ3) is 4.94. The number of nitro benzene ring substituents is 1. The van der Waals surface area contributed by atoms with Crippen molar-refractivity contribution in [3.8, 4) is 5.75 Å². The molecule has 8 heteroatoms. The fourth-order valence-corrected chi connectivity index (χ4v) is 4.16. The van der Waals surface area contributed by atoms with E-state index < -0.39 is 4.92 Å². The first kappa shape index (κ1) is 21.9. The first-order valence-electron chi connectivity index (χ1n) is 10.6. The molecule has 7 nitrogen and oxygen atoms in total. The summed E-state index contributed by atoms with van der Waals surface area (Å²) in [7, 11) is 0. The van der Waals surface area contributed by atoms with Gasteiger partial charge in [-0.05, 0) is 30.0 Å². The molecular weight excluding hydrogens is 430 g/mol. The average Bonchev–Trinajstić information content (AvgIpc) is 2.82. The van der Waals surface area contributed by atoms with E-state index in [1.165, 1.54) is 6.07 Å². The van der Waals surface area contributed by atoms with Gasteiger partial charge in [-0.25, -0.2) is 0 Å². The van der Waals surface area contributed by atoms with Crippen molar-refractivity contribution in [2.24, 2.45) is 0 Å². The Labute approximate surface area is 191 Å². The Kier molecular flexibility index (Phi) is 6.75. The minimum Gasteiger partial charge on any atom is -0.493 e. The van der Waals surface area contributed by atoms with Gasteiger partial charge in [0.25, 0.3) is 5.69 Å². The Morgan fingerprint density at radius 2 is 1.78 bits per heavy atom. The molecule has 4 rings (SSSR count). The molecule has 0 aromatic heterocycles. The average molecular weight is 454 g/mol. The molecule has 166 valence electrons. The van der Waals surface area contributed by atoms with Crippen molar-refractivity contribution in [3.05, 3.63) is 75.8 Å². The highest BCUT2D eigenvalue weighted by Crippen LogP contribution is 2.31. The number of hydrogen-bond acceptors (Lipinski definition) is 5. The van der Waals surface area contributed by atoms with E-state index in [4.69, 9.17) is 16.3 Å². The second kappa shape index (κ2) is 9.87. The third-order valence-electron chi connectivity index (χ3n) is 5.65. The number of anilines is 1. The summed E-state index contributed by atoms with van der Waals surface area (Å²) >= 11 is 5.91. The molecule has 3 aromatic carbocycles. The fourth-order valence-electron chi connectivity index (χ4n) is 3.99. The fraction of sp³-hybridized carbons (Fsp3) is 0.292. The SMILES string of the molecule is O=C(CCCOc1cccc2ccccc12)N1CCN(c2ccc(Cl)cc2[N+](=O)[O-])CC1. The predicted molar refractivity (Wildman–Crippen MR) is 126 cm³/mol. The molecule has 1 aliphatic heterocycles. The van der Waals surface area contributed by atoms with Crippen molar-refractivity contribution in [3.63, 3.8) is 0 Å². The number of ether oxygens (including phenoxy) is 1. The van der Waals surface area contributed by atoms with E-state index in [0.29, 0.717) is 56.3 Å². The van der Waals surface area contributed by atoms with Crippen LogP contribution in [0, 0.1) is 10.1 Å². The maximum Gasteiger partial charge on any atom is 0.294 e. The number of halogens is 1. The lowest BCUT2D eigenvalue weighted by Gasteiger charge is -2.35. The number of piperazine rings is 1. The summed E-state index contributed by atoms with van der Waals surface area (Å²) in [5.74, 6) is 0.908. The van der Waals surface area contributed by atoms with Crippen LogP contribution < -0.4 is 9.64 Å². The summed E-state index contributed by atoms with van der Waals surface area (Å²) in [4.78, 5) is 27.3. The van der Waals surface area contributed by atoms with E-state index in [2.05, 4.69) is 0 Å². The predicted octanol–water partition coefficient (Wildman–Crippen LogP) is 4.91. The molecule has 0 aliphatic carbocycles. The Morgan fingerprint density at radius 1 is 1.03 bits per heavy atom. The van der Waals surface area contributed by atoms with E-state index in [9.17, 15) is 14.9 Å². The van der Waals surface area contributed by atoms with Gasteiger partial charge in [-0.3, -0.25) is 14.9 Å². The zero-order chi connectivity index (χ0) is 22.5. The molecule has 1 heterocycles. The van der Waals surface area contributed by atoms with Gasteiger partial charge in [0, 0.05) is 49.1 Å². The first-order chi connectivity index (χ1) is 15.5. The van der Waals surface area contributed by atoms with Gasteiger partial charge in [0.15, 0.2) is 0 Å². The van der Waals surface area contributed by atoms with Gasteiger partial charge in [0.2, 0.25) is 5.91 Å². The lowest BCUT2D eigenvalue weighted by molar-refractivity contribution is -0.384. The van der Waals surface area contributed by atoms with E-state index in [1.807, 2.05) is 52.3 Å². The maximum absolute atomic E-state index is 12.6. The molecule has 0 unspecified atom stereocenters. The van der Waals surface area contributed by atoms with Crippen LogP contribution in [-0.2, 0) is 4.79 Å². The Bertz CT molecular complexity index is 1120. The molecule has 1 aliphatic rings. The van der Waals surface area contributed by atoms with Gasteiger partial charge in [0.05, 0.1) is 11.5 Å². The highest BCUT2D eigenvalue weighted by molar-refractivity contribution is 6.30. The molecule has 1 saturated heterocycles. The summed E-state index contributed by atoms with van der Waals surface area (Å²) in [5.41, 5.74) is 0.526. The van der Waals surface area contributed by atoms with E-state index in [0.717, 1.165) is 16.5 Å². The number of benzene rings is 3. The third-order valence-corrected chi connectivity index (χ3v) is 5.88. The number of nitrogens with zero attached hydrogens (tertiary/aromatic N) is 3. The number of fused-ring (bicyclic) bond motifs is 1. The van der Waals surface area contributed by atoms with Crippen molar-refractivity contribution < 1.29 is 14.5 Å². The second-order valence-electron chi connectivity index (χ2n) is 7.69. The number of hydrogen-bond donors (Lipinski definition) is 0. The van der Waals surface area contributed by atoms with Crippen LogP contribution in [0.25, 0.3) is 10.8 Å². The smallest absolute Gasteiger partial charge is 0.294 e. The molecule has 1 amide bonds. The van der Waals surface area contributed by atoms with Gasteiger partial charge in [-0.2, -0.15) is 0 Å². The lowest BCUT2D eigenvalue weighted by Crippen LogP contribution is -2.49. The van der Waals surface area contributed by atoms with Crippen molar-refractivity contribution in [2.75, 3.05) is 37.7 Å². The van der Waals surface area contributed by atoms with Crippen LogP contribution in [0.15, 0.2) is 60.7 Å². The molecule has 3 aromatic rings. The van der Waals surface area contributed by atoms with Crippen LogP contribution in [0.1, 0.15) is 12.8 Å². The zero-order valence-electron chi connectivity index (χ0n) is 17.6. The molecule has 0 N–H and O–H groups in total. The van der Waals surface area contributed by atoms with Crippen molar-refractivity contribution in [1.82, 2.24) is 4.90 Å². The normalized spacial score (nSPS) is 13.9. The largest absolute Gasteiger partial charge is 0.493 e. The first-order valence-corrected chi connectivity index (χ1v) is 11.0. The molecule has 1 fully saturated rings. The number of carbonyl (C=O) groups is 1. The summed E-state index contributed by atoms with van der Waals surface area (Å²) < 4.78 is 5.92. The molecule has 0 spiro atoms. The van der Waals surface area contributed by atoms with Crippen LogP contribution in [0.4, 0.5) is 11.4 Å². The molecular formula is C24H24ClN3O4. The van der Waals surface area contributed by atoms with E-state index >= 15 is 0 Å². The molecule has 0 saturated carbocycles. The van der Waals surface area contributed by atoms with Gasteiger partial charge in [-0.15, -0.1) is 0 Å². The van der Waals surface area contributed by atoms with E-state index in [1.54, 1.807) is 12.1 Å². The van der Waals surface area contributed by atoms with E-state index in [-0.39, 0.29) is 11.6 Å². The van der Waals surface area contributed by atoms with Crippen LogP contribution >= 0.6 is 11.6 Å². The zero-order valence-corrected chi connectivity index (χ0v) is 18.3. The Hall–Kier alpha value is -3.32. The Morgan fingerprint density at radius 3 is 2.56 bits per heavy atom. The molecule has 32 heavy (non-hydrogen) atoms. The minimum atomic E-state index is -0.422. The quantitative estimate of drug-likeness (QED) is 0.288. The number of carbonyl (C=O) groups excluding carboxylic acids is 1. The monoisotopic (exact) mass is 453 g/mol. The maximum atomic E-state index is 12.6. The second-order valence-corrected chi connectivity index (χ2v) is 8.12. The number of rotatable bonds is 7. The van der Waals surface area contributed by atoms with Gasteiger partial charge in [0.1, 0.15) is 11.4 Å². The van der Waals surface area contributed by atoms with Crippen LogP contribution in [0.3, 0.4) is 0 Å². The minimum absolute atomic E-state index is 0.0112. The lowest BCUT2D eigenvalue weighted by atomic mass is 10.1. The molecule has 0 atom stereocenters. The standard InChI is InChI=1S/C24H24ClN3O4/c25-19-10-11-21(22(17-19)28(30)31)26-12-14-27(15-13-26)24(29)9-4-16-32-23-8-3-6-18-5-1-2-7-20(18)23/h1-3,5-8,10-11,17H,4,9,12-16H2. The van der Waals surface area contributed by atoms with Gasteiger partial charge in [-0.1, -0.05) is 48.0 Å². The van der Waals surface area contributed by atoms with Crippen LogP contribution in [0.2, 0.25) is 5.02 Å². The molecule has 0 bridgehead atoms. The van der Waals surface area contributed by atoms with Crippen LogP contribution in [0.5, 0.6) is 5.75 Å². The van der Waals surface area contributed by atoms with Crippen molar-refractivity contribution in [1.29, 1.82) is 0 Å².